The zero-order valence-corrected chi connectivity index (χ0v) is 6.07. The van der Waals surface area contributed by atoms with E-state index in [1.54, 1.807) is 12.1 Å². The fraction of sp³-hybridized carbons (Fsp3) is 0. The van der Waals surface area contributed by atoms with Crippen molar-refractivity contribution in [1.82, 2.24) is 4.98 Å². The molecule has 0 saturated heterocycles. The highest BCUT2D eigenvalue weighted by atomic mass is 16.6. The minimum absolute atomic E-state index is 0.0869. The second-order valence-corrected chi connectivity index (χ2v) is 2.40. The fourth-order valence-corrected chi connectivity index (χ4v) is 1.08. The second kappa shape index (κ2) is 2.34. The molecule has 0 atom stereocenters. The van der Waals surface area contributed by atoms with Crippen LogP contribution in [0.3, 0.4) is 0 Å². The maximum absolute atomic E-state index is 10.3. The monoisotopic (exact) mass is 161 g/mol. The molecule has 1 radical (unpaired) electrons. The molecule has 1 heterocycles. The highest BCUT2D eigenvalue weighted by Crippen LogP contribution is 2.18. The van der Waals surface area contributed by atoms with Crippen LogP contribution in [0.2, 0.25) is 0 Å². The Kier molecular flexibility index (Phi) is 1.33. The van der Waals surface area contributed by atoms with Crippen molar-refractivity contribution in [3.8, 4) is 0 Å². The lowest BCUT2D eigenvalue weighted by atomic mass is 10.2. The first-order valence-corrected chi connectivity index (χ1v) is 3.42. The Morgan fingerprint density at radius 2 is 2.17 bits per heavy atom. The van der Waals surface area contributed by atoms with E-state index in [-0.39, 0.29) is 5.82 Å². The lowest BCUT2D eigenvalue weighted by Gasteiger charge is -1.84. The van der Waals surface area contributed by atoms with Crippen LogP contribution in [0.1, 0.15) is 0 Å². The van der Waals surface area contributed by atoms with E-state index in [0.29, 0.717) is 0 Å². The molecule has 0 amide bonds. The number of H-pyrrole nitrogens is 1. The summed E-state index contributed by atoms with van der Waals surface area (Å²) in [5.74, 6) is -0.0869. The van der Waals surface area contributed by atoms with Gasteiger partial charge in [-0.1, -0.05) is 12.1 Å². The van der Waals surface area contributed by atoms with Crippen LogP contribution in [0, 0.1) is 16.2 Å². The number of fused-ring (bicyclic) bond motifs is 1. The molecule has 4 heteroatoms. The van der Waals surface area contributed by atoms with Gasteiger partial charge in [0.2, 0.25) is 0 Å². The molecule has 4 nitrogen and oxygen atoms in total. The molecule has 1 aromatic heterocycles. The number of aromatic nitrogens is 1. The number of nitro groups is 1. The van der Waals surface area contributed by atoms with Crippen LogP contribution in [0.15, 0.2) is 24.3 Å². The smallest absolute Gasteiger partial charge is 0.330 e. The van der Waals surface area contributed by atoms with E-state index in [1.807, 2.05) is 12.1 Å². The van der Waals surface area contributed by atoms with Crippen LogP contribution >= 0.6 is 0 Å². The average molecular weight is 161 g/mol. The van der Waals surface area contributed by atoms with Crippen molar-refractivity contribution in [1.29, 1.82) is 0 Å². The van der Waals surface area contributed by atoms with Gasteiger partial charge in [0, 0.05) is 5.39 Å². The molecule has 0 fully saturated rings. The third-order valence-corrected chi connectivity index (χ3v) is 1.62. The number of aromatic amines is 1. The van der Waals surface area contributed by atoms with Crippen LogP contribution < -0.4 is 0 Å². The van der Waals surface area contributed by atoms with Crippen molar-refractivity contribution in [2.75, 3.05) is 0 Å². The summed E-state index contributed by atoms with van der Waals surface area (Å²) >= 11 is 0. The van der Waals surface area contributed by atoms with Crippen LogP contribution in [0.25, 0.3) is 10.9 Å². The van der Waals surface area contributed by atoms with Gasteiger partial charge in [0.05, 0.1) is 6.07 Å². The van der Waals surface area contributed by atoms with E-state index in [4.69, 9.17) is 0 Å². The highest BCUT2D eigenvalue weighted by molar-refractivity contribution is 5.81. The first-order chi connectivity index (χ1) is 5.77. The molecule has 0 aliphatic rings. The van der Waals surface area contributed by atoms with Gasteiger partial charge in [-0.25, -0.2) is 4.98 Å². The Morgan fingerprint density at radius 1 is 1.42 bits per heavy atom. The van der Waals surface area contributed by atoms with Crippen LogP contribution in [-0.4, -0.2) is 9.91 Å². The Labute approximate surface area is 68.0 Å². The maximum atomic E-state index is 10.3. The van der Waals surface area contributed by atoms with Gasteiger partial charge in [0.25, 0.3) is 0 Å². The lowest BCUT2D eigenvalue weighted by molar-refractivity contribution is -0.389. The van der Waals surface area contributed by atoms with E-state index >= 15 is 0 Å². The highest BCUT2D eigenvalue weighted by Gasteiger charge is 2.08. The Balaban J connectivity index is 2.70. The lowest BCUT2D eigenvalue weighted by Crippen LogP contribution is -1.85. The van der Waals surface area contributed by atoms with Crippen LogP contribution in [-0.2, 0) is 0 Å². The first-order valence-electron chi connectivity index (χ1n) is 3.42. The summed E-state index contributed by atoms with van der Waals surface area (Å²) in [7, 11) is 0. The number of para-hydroxylation sites is 1. The first kappa shape index (κ1) is 6.84. The predicted molar refractivity (Wildman–Crippen MR) is 43.8 cm³/mol. The van der Waals surface area contributed by atoms with E-state index in [1.165, 1.54) is 0 Å². The SMILES string of the molecule is O=[N+]([O-])c1[c]c2ccccc2[nH]1. The molecule has 0 bridgehead atoms. The summed E-state index contributed by atoms with van der Waals surface area (Å²) in [6, 6.07) is 9.83. The number of hydrogen-bond donors (Lipinski definition) is 1. The Bertz CT molecular complexity index is 400. The van der Waals surface area contributed by atoms with Crippen LogP contribution in [0.5, 0.6) is 0 Å². The summed E-state index contributed by atoms with van der Waals surface area (Å²) in [6.45, 7) is 0. The van der Waals surface area contributed by atoms with E-state index in [2.05, 4.69) is 11.1 Å². The summed E-state index contributed by atoms with van der Waals surface area (Å²) < 4.78 is 0. The zero-order valence-electron chi connectivity index (χ0n) is 6.07. The molecule has 0 aliphatic carbocycles. The topological polar surface area (TPSA) is 58.9 Å². The summed E-state index contributed by atoms with van der Waals surface area (Å²) in [5.41, 5.74) is 0.740. The number of nitrogens with one attached hydrogen (secondary N) is 1. The van der Waals surface area contributed by atoms with Crippen molar-refractivity contribution in [2.24, 2.45) is 0 Å². The summed E-state index contributed by atoms with van der Waals surface area (Å²) in [6.07, 6.45) is 0. The summed E-state index contributed by atoms with van der Waals surface area (Å²) in [5, 5.41) is 11.1. The second-order valence-electron chi connectivity index (χ2n) is 2.40. The van der Waals surface area contributed by atoms with Gasteiger partial charge >= 0.3 is 5.82 Å². The van der Waals surface area contributed by atoms with Gasteiger partial charge < -0.3 is 10.1 Å². The summed E-state index contributed by atoms with van der Waals surface area (Å²) in [4.78, 5) is 12.5. The quantitative estimate of drug-likeness (QED) is 0.512. The molecule has 59 valence electrons. The molecule has 1 N–H and O–H groups in total. The molecule has 2 aromatic rings. The third-order valence-electron chi connectivity index (χ3n) is 1.62. The molecule has 0 unspecified atom stereocenters. The number of benzene rings is 1. The average Bonchev–Trinajstić information content (AvgIpc) is 2.46. The molecule has 0 aliphatic heterocycles. The molecule has 1 aromatic carbocycles. The van der Waals surface area contributed by atoms with Gasteiger partial charge in [-0.2, -0.15) is 0 Å². The maximum Gasteiger partial charge on any atom is 0.330 e. The zero-order chi connectivity index (χ0) is 8.55. The van der Waals surface area contributed by atoms with E-state index in [0.717, 1.165) is 10.9 Å². The molecule has 12 heavy (non-hydrogen) atoms. The van der Waals surface area contributed by atoms with E-state index in [9.17, 15) is 10.1 Å². The van der Waals surface area contributed by atoms with Crippen molar-refractivity contribution >= 4 is 16.7 Å². The van der Waals surface area contributed by atoms with Crippen molar-refractivity contribution in [2.45, 2.75) is 0 Å². The van der Waals surface area contributed by atoms with Gasteiger partial charge in [0.1, 0.15) is 5.52 Å². The van der Waals surface area contributed by atoms with Crippen molar-refractivity contribution in [3.63, 3.8) is 0 Å². The van der Waals surface area contributed by atoms with Gasteiger partial charge in [0.15, 0.2) is 0 Å². The largest absolute Gasteiger partial charge is 0.358 e. The predicted octanol–water partition coefficient (Wildman–Crippen LogP) is 1.88. The number of nitrogens with zero attached hydrogens (tertiary/aromatic N) is 1. The third kappa shape index (κ3) is 0.934. The molecular weight excluding hydrogens is 156 g/mol. The fourth-order valence-electron chi connectivity index (χ4n) is 1.08. The van der Waals surface area contributed by atoms with Gasteiger partial charge in [-0.3, -0.25) is 0 Å². The molecule has 2 rings (SSSR count). The Hall–Kier alpha value is -1.84. The normalized spacial score (nSPS) is 10.3. The van der Waals surface area contributed by atoms with Crippen molar-refractivity contribution in [3.05, 3.63) is 40.4 Å². The van der Waals surface area contributed by atoms with Gasteiger partial charge in [-0.15, -0.1) is 0 Å². The Morgan fingerprint density at radius 3 is 2.83 bits per heavy atom. The molecular formula is C8H5N2O2. The minimum Gasteiger partial charge on any atom is -0.358 e. The molecule has 0 spiro atoms. The number of hydrogen-bond acceptors (Lipinski definition) is 2. The standard InChI is InChI=1S/C8H5N2O2/c11-10(12)8-5-6-3-1-2-4-7(6)9-8/h1-4,9H. The minimum atomic E-state index is -0.486. The van der Waals surface area contributed by atoms with Crippen LogP contribution in [0.4, 0.5) is 5.82 Å². The van der Waals surface area contributed by atoms with Crippen molar-refractivity contribution < 1.29 is 4.92 Å². The molecule has 0 saturated carbocycles. The van der Waals surface area contributed by atoms with E-state index < -0.39 is 4.92 Å². The number of rotatable bonds is 1. The van der Waals surface area contributed by atoms with Gasteiger partial charge in [-0.05, 0) is 17.1 Å².